The first kappa shape index (κ1) is 12.4. The lowest BCUT2D eigenvalue weighted by Gasteiger charge is -2.15. The van der Waals surface area contributed by atoms with Crippen molar-refractivity contribution in [3.8, 4) is 5.75 Å². The van der Waals surface area contributed by atoms with E-state index in [4.69, 9.17) is 5.41 Å². The molecule has 0 radical (unpaired) electrons. The van der Waals surface area contributed by atoms with Crippen molar-refractivity contribution >= 4 is 5.84 Å². The van der Waals surface area contributed by atoms with Crippen LogP contribution in [0.4, 0.5) is 13.2 Å². The molecule has 0 aliphatic rings. The number of nitrogens with zero attached hydrogens (tertiary/aromatic N) is 1. The molecule has 0 amide bonds. The molecule has 0 fully saturated rings. The summed E-state index contributed by atoms with van der Waals surface area (Å²) in [5, 5.41) is 7.60. The maximum atomic E-state index is 11.9. The van der Waals surface area contributed by atoms with Gasteiger partial charge in [0.1, 0.15) is 11.6 Å². The molecule has 1 aromatic carbocycles. The second kappa shape index (κ2) is 4.42. The third-order valence-electron chi connectivity index (χ3n) is 1.79. The van der Waals surface area contributed by atoms with E-state index in [2.05, 4.69) is 4.74 Å². The lowest BCUT2D eigenvalue weighted by atomic mass is 10.2. The number of ether oxygens (including phenoxy) is 1. The zero-order valence-electron chi connectivity index (χ0n) is 8.80. The van der Waals surface area contributed by atoms with Gasteiger partial charge in [-0.05, 0) is 12.1 Å². The van der Waals surface area contributed by atoms with E-state index < -0.39 is 6.36 Å². The highest BCUT2D eigenvalue weighted by Crippen LogP contribution is 2.23. The van der Waals surface area contributed by atoms with Crippen LogP contribution in [0.1, 0.15) is 5.56 Å². The molecule has 0 aromatic heterocycles. The zero-order chi connectivity index (χ0) is 12.3. The minimum Gasteiger partial charge on any atom is -0.406 e. The van der Waals surface area contributed by atoms with Gasteiger partial charge in [0, 0.05) is 19.7 Å². The van der Waals surface area contributed by atoms with Gasteiger partial charge in [0.05, 0.1) is 0 Å². The van der Waals surface area contributed by atoms with Crippen LogP contribution in [0.3, 0.4) is 0 Å². The molecule has 0 aliphatic heterocycles. The third kappa shape index (κ3) is 3.45. The number of rotatable bonds is 2. The van der Waals surface area contributed by atoms with Crippen LogP contribution in [-0.4, -0.2) is 31.2 Å². The number of alkyl halides is 3. The number of nitrogens with one attached hydrogen (secondary N) is 1. The molecule has 0 unspecified atom stereocenters. The van der Waals surface area contributed by atoms with Crippen LogP contribution >= 0.6 is 0 Å². The Balaban J connectivity index is 2.91. The summed E-state index contributed by atoms with van der Waals surface area (Å²) in [6, 6.07) is 5.33. The molecule has 0 aliphatic carbocycles. The lowest BCUT2D eigenvalue weighted by Crippen LogP contribution is -2.22. The summed E-state index contributed by atoms with van der Waals surface area (Å²) < 4.78 is 39.6. The van der Waals surface area contributed by atoms with Crippen molar-refractivity contribution in [2.75, 3.05) is 14.1 Å². The summed E-state index contributed by atoms with van der Waals surface area (Å²) in [4.78, 5) is 1.49. The standard InChI is InChI=1S/C10H11F3N2O/c1-15(2)9(14)7-4-3-5-8(6-7)16-10(11,12)13/h3-6,14H,1-2H3. The maximum Gasteiger partial charge on any atom is 0.573 e. The molecule has 0 saturated heterocycles. The molecule has 0 atom stereocenters. The average molecular weight is 232 g/mol. The van der Waals surface area contributed by atoms with Crippen molar-refractivity contribution in [2.24, 2.45) is 0 Å². The van der Waals surface area contributed by atoms with E-state index >= 15 is 0 Å². The lowest BCUT2D eigenvalue weighted by molar-refractivity contribution is -0.274. The number of halogens is 3. The quantitative estimate of drug-likeness (QED) is 0.628. The van der Waals surface area contributed by atoms with Crippen molar-refractivity contribution in [1.82, 2.24) is 4.90 Å². The molecule has 1 N–H and O–H groups in total. The molecule has 3 nitrogen and oxygen atoms in total. The van der Waals surface area contributed by atoms with Gasteiger partial charge in [-0.1, -0.05) is 12.1 Å². The Labute approximate surface area is 90.9 Å². The second-order valence-electron chi connectivity index (χ2n) is 3.32. The normalized spacial score (nSPS) is 11.1. The third-order valence-corrected chi connectivity index (χ3v) is 1.79. The molecule has 0 spiro atoms. The van der Waals surface area contributed by atoms with Crippen LogP contribution in [-0.2, 0) is 0 Å². The predicted octanol–water partition coefficient (Wildman–Crippen LogP) is 2.47. The van der Waals surface area contributed by atoms with Gasteiger partial charge in [0.15, 0.2) is 0 Å². The van der Waals surface area contributed by atoms with Gasteiger partial charge in [0.25, 0.3) is 0 Å². The molecule has 16 heavy (non-hydrogen) atoms. The molecule has 6 heteroatoms. The van der Waals surface area contributed by atoms with E-state index in [0.29, 0.717) is 5.56 Å². The monoisotopic (exact) mass is 232 g/mol. The highest BCUT2D eigenvalue weighted by molar-refractivity contribution is 5.96. The largest absolute Gasteiger partial charge is 0.573 e. The molecule has 0 heterocycles. The first-order valence-electron chi connectivity index (χ1n) is 4.41. The Kier molecular flexibility index (Phi) is 3.41. The number of benzene rings is 1. The van der Waals surface area contributed by atoms with Gasteiger partial charge >= 0.3 is 6.36 Å². The Bertz CT molecular complexity index is 388. The SMILES string of the molecule is CN(C)C(=N)c1cccc(OC(F)(F)F)c1. The van der Waals surface area contributed by atoms with Crippen LogP contribution in [0, 0.1) is 5.41 Å². The van der Waals surface area contributed by atoms with E-state index in [1.54, 1.807) is 20.2 Å². The summed E-state index contributed by atoms with van der Waals surface area (Å²) in [6.45, 7) is 0. The van der Waals surface area contributed by atoms with Crippen molar-refractivity contribution < 1.29 is 17.9 Å². The molecular formula is C10H11F3N2O. The Morgan fingerprint density at radius 1 is 1.31 bits per heavy atom. The van der Waals surface area contributed by atoms with E-state index in [1.807, 2.05) is 0 Å². The molecule has 0 saturated carbocycles. The predicted molar refractivity (Wildman–Crippen MR) is 53.6 cm³/mol. The summed E-state index contributed by atoms with van der Waals surface area (Å²) in [5.41, 5.74) is 0.367. The summed E-state index contributed by atoms with van der Waals surface area (Å²) in [6.07, 6.45) is -4.71. The van der Waals surface area contributed by atoms with Crippen LogP contribution < -0.4 is 4.74 Å². The molecule has 0 bridgehead atoms. The van der Waals surface area contributed by atoms with Gasteiger partial charge in [0.2, 0.25) is 0 Å². The number of hydrogen-bond acceptors (Lipinski definition) is 2. The molecule has 1 aromatic rings. The highest BCUT2D eigenvalue weighted by Gasteiger charge is 2.31. The Morgan fingerprint density at radius 2 is 1.94 bits per heavy atom. The van der Waals surface area contributed by atoms with E-state index in [-0.39, 0.29) is 11.6 Å². The van der Waals surface area contributed by atoms with Crippen LogP contribution in [0.2, 0.25) is 0 Å². The van der Waals surface area contributed by atoms with E-state index in [9.17, 15) is 13.2 Å². The number of hydrogen-bond donors (Lipinski definition) is 1. The van der Waals surface area contributed by atoms with Gasteiger partial charge in [-0.25, -0.2) is 0 Å². The summed E-state index contributed by atoms with van der Waals surface area (Å²) in [5.74, 6) is -0.204. The van der Waals surface area contributed by atoms with Gasteiger partial charge in [-0.2, -0.15) is 0 Å². The van der Waals surface area contributed by atoms with Crippen molar-refractivity contribution in [2.45, 2.75) is 6.36 Å². The first-order valence-corrected chi connectivity index (χ1v) is 4.41. The fourth-order valence-corrected chi connectivity index (χ4v) is 1.10. The molecule has 1 rings (SSSR count). The van der Waals surface area contributed by atoms with Gasteiger partial charge in [-0.3, -0.25) is 5.41 Å². The topological polar surface area (TPSA) is 36.3 Å². The van der Waals surface area contributed by atoms with Crippen LogP contribution in [0.15, 0.2) is 24.3 Å². The summed E-state index contributed by atoms with van der Waals surface area (Å²) in [7, 11) is 3.28. The molecule has 88 valence electrons. The van der Waals surface area contributed by atoms with Crippen molar-refractivity contribution in [3.05, 3.63) is 29.8 Å². The highest BCUT2D eigenvalue weighted by atomic mass is 19.4. The number of amidine groups is 1. The Morgan fingerprint density at radius 3 is 2.44 bits per heavy atom. The van der Waals surface area contributed by atoms with E-state index in [1.165, 1.54) is 23.1 Å². The van der Waals surface area contributed by atoms with Crippen LogP contribution in [0.5, 0.6) is 5.75 Å². The smallest absolute Gasteiger partial charge is 0.406 e. The minimum atomic E-state index is -4.71. The van der Waals surface area contributed by atoms with E-state index in [0.717, 1.165) is 0 Å². The maximum absolute atomic E-state index is 11.9. The van der Waals surface area contributed by atoms with Crippen molar-refractivity contribution in [1.29, 1.82) is 5.41 Å². The first-order chi connectivity index (χ1) is 7.29. The van der Waals surface area contributed by atoms with Crippen LogP contribution in [0.25, 0.3) is 0 Å². The fourth-order valence-electron chi connectivity index (χ4n) is 1.10. The summed E-state index contributed by atoms with van der Waals surface area (Å²) >= 11 is 0. The van der Waals surface area contributed by atoms with Gasteiger partial charge in [-0.15, -0.1) is 13.2 Å². The van der Waals surface area contributed by atoms with Crippen molar-refractivity contribution in [3.63, 3.8) is 0 Å². The average Bonchev–Trinajstić information content (AvgIpc) is 2.14. The second-order valence-corrected chi connectivity index (χ2v) is 3.32. The minimum absolute atomic E-state index is 0.118. The zero-order valence-corrected chi connectivity index (χ0v) is 8.80. The Hall–Kier alpha value is -1.72. The van der Waals surface area contributed by atoms with Gasteiger partial charge < -0.3 is 9.64 Å². The fraction of sp³-hybridized carbons (Fsp3) is 0.300. The molecular weight excluding hydrogens is 221 g/mol.